The van der Waals surface area contributed by atoms with E-state index in [0.29, 0.717) is 46.0 Å². The number of amides is 1. The van der Waals surface area contributed by atoms with Gasteiger partial charge in [0, 0.05) is 33.3 Å². The molecule has 2 fully saturated rings. The van der Waals surface area contributed by atoms with Crippen LogP contribution in [0.5, 0.6) is 5.75 Å². The maximum absolute atomic E-state index is 12.4. The van der Waals surface area contributed by atoms with Gasteiger partial charge in [0.2, 0.25) is 5.91 Å². The molecule has 0 aromatic heterocycles. The number of nitrogens with zero attached hydrogens (tertiary/aromatic N) is 2. The van der Waals surface area contributed by atoms with Gasteiger partial charge in [-0.2, -0.15) is 0 Å². The molecule has 0 saturated carbocycles. The number of morpholine rings is 1. The Hall–Kier alpha value is -1.63. The summed E-state index contributed by atoms with van der Waals surface area (Å²) in [5, 5.41) is 0. The van der Waals surface area contributed by atoms with Gasteiger partial charge in [-0.25, -0.2) is 0 Å². The molecule has 2 heterocycles. The molecule has 138 valence electrons. The Morgan fingerprint density at radius 1 is 1.24 bits per heavy atom. The number of aryl methyl sites for hydroxylation is 1. The number of hydrogen-bond acceptors (Lipinski definition) is 5. The monoisotopic (exact) mass is 348 g/mol. The van der Waals surface area contributed by atoms with Crippen molar-refractivity contribution in [3.05, 3.63) is 29.8 Å². The summed E-state index contributed by atoms with van der Waals surface area (Å²) in [6.45, 7) is 7.20. The molecule has 0 aliphatic carbocycles. The van der Waals surface area contributed by atoms with E-state index in [9.17, 15) is 4.79 Å². The average molecular weight is 348 g/mol. The molecule has 1 aromatic rings. The van der Waals surface area contributed by atoms with E-state index in [1.165, 1.54) is 0 Å². The largest absolute Gasteiger partial charge is 0.490 e. The van der Waals surface area contributed by atoms with Gasteiger partial charge in [-0.15, -0.1) is 0 Å². The zero-order valence-electron chi connectivity index (χ0n) is 15.2. The Kier molecular flexibility index (Phi) is 5.93. The summed E-state index contributed by atoms with van der Waals surface area (Å²) in [6.07, 6.45) is 0.867. The predicted molar refractivity (Wildman–Crippen MR) is 94.9 cm³/mol. The molecule has 0 bridgehead atoms. The van der Waals surface area contributed by atoms with Crippen molar-refractivity contribution < 1.29 is 19.0 Å². The molecule has 2 aliphatic heterocycles. The van der Waals surface area contributed by atoms with E-state index in [2.05, 4.69) is 4.90 Å². The lowest BCUT2D eigenvalue weighted by atomic mass is 10.0. The van der Waals surface area contributed by atoms with E-state index in [0.717, 1.165) is 24.3 Å². The normalized spacial score (nSPS) is 24.5. The Bertz CT molecular complexity index is 589. The summed E-state index contributed by atoms with van der Waals surface area (Å²) in [6, 6.07) is 8.00. The zero-order valence-corrected chi connectivity index (χ0v) is 15.2. The molecule has 1 aromatic carbocycles. The number of carbonyl (C=O) groups excluding carboxylic acids is 1. The molecule has 1 atom stereocenters. The minimum Gasteiger partial charge on any atom is -0.490 e. The highest BCUT2D eigenvalue weighted by Gasteiger charge is 2.40. The van der Waals surface area contributed by atoms with Crippen LogP contribution >= 0.6 is 0 Å². The number of carbonyl (C=O) groups is 1. The Labute approximate surface area is 149 Å². The van der Waals surface area contributed by atoms with Crippen LogP contribution in [0, 0.1) is 6.92 Å². The molecule has 25 heavy (non-hydrogen) atoms. The summed E-state index contributed by atoms with van der Waals surface area (Å²) in [5.41, 5.74) is 0.763. The molecule has 0 radical (unpaired) electrons. The number of likely N-dealkylation sites (tertiary alicyclic amines) is 1. The number of rotatable bonds is 6. The van der Waals surface area contributed by atoms with Crippen molar-refractivity contribution in [2.45, 2.75) is 18.9 Å². The fourth-order valence-corrected chi connectivity index (χ4v) is 3.44. The number of ether oxygens (including phenoxy) is 3. The second-order valence-electron chi connectivity index (χ2n) is 6.90. The van der Waals surface area contributed by atoms with Crippen LogP contribution in [0.4, 0.5) is 0 Å². The minimum absolute atomic E-state index is 0.176. The highest BCUT2D eigenvalue weighted by Crippen LogP contribution is 2.27. The Balaban J connectivity index is 1.53. The summed E-state index contributed by atoms with van der Waals surface area (Å²) in [5.74, 6) is 1.07. The number of para-hydroxylation sites is 1. The minimum atomic E-state index is -0.354. The maximum Gasteiger partial charge on any atom is 0.236 e. The highest BCUT2D eigenvalue weighted by atomic mass is 16.5. The highest BCUT2D eigenvalue weighted by molar-refractivity contribution is 5.78. The zero-order chi connectivity index (χ0) is 17.7. The van der Waals surface area contributed by atoms with Crippen molar-refractivity contribution >= 4 is 5.91 Å². The van der Waals surface area contributed by atoms with Crippen LogP contribution in [0.2, 0.25) is 0 Å². The summed E-state index contributed by atoms with van der Waals surface area (Å²) in [4.78, 5) is 16.5. The number of hydrogen-bond donors (Lipinski definition) is 0. The lowest BCUT2D eigenvalue weighted by Gasteiger charge is -2.30. The van der Waals surface area contributed by atoms with Gasteiger partial charge in [0.25, 0.3) is 0 Å². The van der Waals surface area contributed by atoms with E-state index in [1.54, 1.807) is 7.11 Å². The first-order valence-electron chi connectivity index (χ1n) is 8.93. The number of benzene rings is 1. The molecule has 3 rings (SSSR count). The molecule has 0 unspecified atom stereocenters. The lowest BCUT2D eigenvalue weighted by Crippen LogP contribution is -2.47. The molecule has 0 spiro atoms. The lowest BCUT2D eigenvalue weighted by molar-refractivity contribution is -0.136. The van der Waals surface area contributed by atoms with Crippen LogP contribution in [0.15, 0.2) is 24.3 Å². The fourth-order valence-electron chi connectivity index (χ4n) is 3.44. The van der Waals surface area contributed by atoms with Crippen molar-refractivity contribution in [2.75, 3.05) is 59.7 Å². The standard InChI is InChI=1S/C19H28N2O4/c1-16-5-3-4-6-17(16)25-15-19(23-2)7-8-20(14-19)13-18(22)21-9-11-24-12-10-21/h3-6H,7-15H2,1-2H3/t19-/m1/s1. The first-order valence-corrected chi connectivity index (χ1v) is 8.93. The van der Waals surface area contributed by atoms with Gasteiger partial charge < -0.3 is 19.1 Å². The summed E-state index contributed by atoms with van der Waals surface area (Å²) in [7, 11) is 1.73. The SMILES string of the molecule is CO[C@]1(COc2ccccc2C)CCN(CC(=O)N2CCOCC2)C1. The molecule has 6 nitrogen and oxygen atoms in total. The van der Waals surface area contributed by atoms with Crippen molar-refractivity contribution in [3.8, 4) is 5.75 Å². The average Bonchev–Trinajstić information content (AvgIpc) is 3.05. The second-order valence-corrected chi connectivity index (χ2v) is 6.90. The van der Waals surface area contributed by atoms with Gasteiger partial charge in [-0.3, -0.25) is 9.69 Å². The number of methoxy groups -OCH3 is 1. The van der Waals surface area contributed by atoms with Crippen molar-refractivity contribution in [2.24, 2.45) is 0 Å². The van der Waals surface area contributed by atoms with Crippen LogP contribution in [-0.2, 0) is 14.3 Å². The molecular formula is C19H28N2O4. The van der Waals surface area contributed by atoms with E-state index in [1.807, 2.05) is 36.1 Å². The van der Waals surface area contributed by atoms with E-state index in [-0.39, 0.29) is 11.5 Å². The van der Waals surface area contributed by atoms with E-state index in [4.69, 9.17) is 14.2 Å². The Morgan fingerprint density at radius 2 is 2.00 bits per heavy atom. The molecule has 2 aliphatic rings. The molecule has 2 saturated heterocycles. The van der Waals surface area contributed by atoms with E-state index >= 15 is 0 Å². The molecule has 0 N–H and O–H groups in total. The van der Waals surface area contributed by atoms with Gasteiger partial charge in [0.15, 0.2) is 0 Å². The first-order chi connectivity index (χ1) is 12.1. The third kappa shape index (κ3) is 4.51. The third-order valence-corrected chi connectivity index (χ3v) is 5.14. The Morgan fingerprint density at radius 3 is 2.72 bits per heavy atom. The van der Waals surface area contributed by atoms with Gasteiger partial charge >= 0.3 is 0 Å². The first kappa shape index (κ1) is 18.2. The van der Waals surface area contributed by atoms with Crippen LogP contribution in [-0.4, -0.2) is 81.0 Å². The molecule has 6 heteroatoms. The van der Waals surface area contributed by atoms with Gasteiger partial charge in [0.05, 0.1) is 19.8 Å². The van der Waals surface area contributed by atoms with Crippen molar-refractivity contribution in [1.29, 1.82) is 0 Å². The summed E-state index contributed by atoms with van der Waals surface area (Å²) >= 11 is 0. The quantitative estimate of drug-likeness (QED) is 0.776. The molecular weight excluding hydrogens is 320 g/mol. The van der Waals surface area contributed by atoms with Crippen LogP contribution in [0.3, 0.4) is 0 Å². The van der Waals surface area contributed by atoms with Gasteiger partial charge in [0.1, 0.15) is 18.0 Å². The summed E-state index contributed by atoms with van der Waals surface area (Å²) < 4.78 is 17.1. The predicted octanol–water partition coefficient (Wildman–Crippen LogP) is 1.32. The molecule has 1 amide bonds. The van der Waals surface area contributed by atoms with Gasteiger partial charge in [-0.1, -0.05) is 18.2 Å². The van der Waals surface area contributed by atoms with Crippen LogP contribution < -0.4 is 4.74 Å². The van der Waals surface area contributed by atoms with Gasteiger partial charge in [-0.05, 0) is 25.0 Å². The van der Waals surface area contributed by atoms with Crippen molar-refractivity contribution in [3.63, 3.8) is 0 Å². The second kappa shape index (κ2) is 8.17. The van der Waals surface area contributed by atoms with Crippen molar-refractivity contribution in [1.82, 2.24) is 9.80 Å². The van der Waals surface area contributed by atoms with Crippen LogP contribution in [0.1, 0.15) is 12.0 Å². The topological polar surface area (TPSA) is 51.2 Å². The van der Waals surface area contributed by atoms with Crippen LogP contribution in [0.25, 0.3) is 0 Å². The smallest absolute Gasteiger partial charge is 0.236 e. The van der Waals surface area contributed by atoms with E-state index < -0.39 is 0 Å². The fraction of sp³-hybridized carbons (Fsp3) is 0.632. The maximum atomic E-state index is 12.4. The third-order valence-electron chi connectivity index (χ3n) is 5.14.